The summed E-state index contributed by atoms with van der Waals surface area (Å²) in [6.07, 6.45) is 3.73. The lowest BCUT2D eigenvalue weighted by Crippen LogP contribution is -2.38. The fraction of sp³-hybridized carbons (Fsp3) is 0.909. The Morgan fingerprint density at radius 1 is 1.46 bits per heavy atom. The Bertz CT molecular complexity index is 223. The van der Waals surface area contributed by atoms with Crippen LogP contribution in [0.2, 0.25) is 0 Å². The molecule has 2 heteroatoms. The summed E-state index contributed by atoms with van der Waals surface area (Å²) in [5.41, 5.74) is 0.673. The minimum atomic E-state index is 0.281. The maximum Gasteiger partial charge on any atom is 0.162 e. The van der Waals surface area contributed by atoms with E-state index in [9.17, 15) is 0 Å². The van der Waals surface area contributed by atoms with E-state index in [0.29, 0.717) is 5.41 Å². The molecule has 1 atom stereocenters. The van der Waals surface area contributed by atoms with Crippen LogP contribution in [0.3, 0.4) is 0 Å². The van der Waals surface area contributed by atoms with Crippen molar-refractivity contribution in [3.05, 3.63) is 0 Å². The SMILES string of the molecule is CC1(C)C=[N+](C(C)(C)C)C(CI)C1. The van der Waals surface area contributed by atoms with Gasteiger partial charge in [0.1, 0.15) is 6.21 Å². The Morgan fingerprint density at radius 2 is 2.00 bits per heavy atom. The highest BCUT2D eigenvalue weighted by Crippen LogP contribution is 2.31. The molecule has 0 amide bonds. The normalized spacial score (nSPS) is 27.5. The molecule has 0 aromatic carbocycles. The average molecular weight is 294 g/mol. The molecular weight excluding hydrogens is 273 g/mol. The average Bonchev–Trinajstić information content (AvgIpc) is 2.24. The number of rotatable bonds is 1. The molecule has 0 spiro atoms. The zero-order valence-corrected chi connectivity index (χ0v) is 11.6. The molecule has 1 heterocycles. The molecule has 13 heavy (non-hydrogen) atoms. The monoisotopic (exact) mass is 294 g/mol. The van der Waals surface area contributed by atoms with E-state index in [-0.39, 0.29) is 5.54 Å². The van der Waals surface area contributed by atoms with Gasteiger partial charge in [0.05, 0.1) is 4.43 Å². The maximum absolute atomic E-state index is 2.54. The lowest BCUT2D eigenvalue weighted by Gasteiger charge is -2.20. The molecule has 0 N–H and O–H groups in total. The van der Waals surface area contributed by atoms with Crippen molar-refractivity contribution in [1.29, 1.82) is 0 Å². The summed E-state index contributed by atoms with van der Waals surface area (Å²) in [6, 6.07) is 0.732. The molecule has 0 aromatic heterocycles. The van der Waals surface area contributed by atoms with Crippen molar-refractivity contribution in [3.8, 4) is 0 Å². The van der Waals surface area contributed by atoms with Gasteiger partial charge in [0.25, 0.3) is 0 Å². The number of hydrogen-bond donors (Lipinski definition) is 0. The molecule has 1 aliphatic heterocycles. The molecule has 1 rings (SSSR count). The van der Waals surface area contributed by atoms with Crippen molar-refractivity contribution >= 4 is 28.8 Å². The summed E-state index contributed by atoms with van der Waals surface area (Å²) in [5, 5.41) is 0. The van der Waals surface area contributed by atoms with E-state index in [1.54, 1.807) is 0 Å². The van der Waals surface area contributed by atoms with Crippen LogP contribution in [0.5, 0.6) is 0 Å². The van der Waals surface area contributed by atoms with Crippen molar-refractivity contribution < 1.29 is 4.58 Å². The van der Waals surface area contributed by atoms with Crippen LogP contribution >= 0.6 is 22.6 Å². The highest BCUT2D eigenvalue weighted by molar-refractivity contribution is 14.1. The second-order valence-corrected chi connectivity index (χ2v) is 6.59. The van der Waals surface area contributed by atoms with Crippen molar-refractivity contribution in [2.75, 3.05) is 4.43 Å². The molecule has 0 fully saturated rings. The predicted octanol–water partition coefficient (Wildman–Crippen LogP) is 3.10. The van der Waals surface area contributed by atoms with E-state index < -0.39 is 0 Å². The van der Waals surface area contributed by atoms with Crippen molar-refractivity contribution in [2.45, 2.75) is 52.6 Å². The van der Waals surface area contributed by atoms with Gasteiger partial charge in [-0.1, -0.05) is 36.4 Å². The van der Waals surface area contributed by atoms with Gasteiger partial charge >= 0.3 is 0 Å². The highest BCUT2D eigenvalue weighted by atomic mass is 127. The first-order valence-electron chi connectivity index (χ1n) is 4.97. The van der Waals surface area contributed by atoms with Gasteiger partial charge in [-0.3, -0.25) is 0 Å². The zero-order chi connectivity index (χ0) is 10.3. The van der Waals surface area contributed by atoms with Crippen LogP contribution in [-0.2, 0) is 0 Å². The van der Waals surface area contributed by atoms with Gasteiger partial charge in [-0.2, -0.15) is 0 Å². The Morgan fingerprint density at radius 3 is 2.31 bits per heavy atom. The third-order valence-corrected chi connectivity index (χ3v) is 3.61. The van der Waals surface area contributed by atoms with Crippen molar-refractivity contribution in [1.82, 2.24) is 0 Å². The second-order valence-electron chi connectivity index (χ2n) is 5.71. The summed E-state index contributed by atoms with van der Waals surface area (Å²) in [4.78, 5) is 0. The van der Waals surface area contributed by atoms with E-state index in [1.807, 2.05) is 0 Å². The summed E-state index contributed by atoms with van der Waals surface area (Å²) in [7, 11) is 0. The maximum atomic E-state index is 2.54. The van der Waals surface area contributed by atoms with Crippen LogP contribution in [0, 0.1) is 5.41 Å². The van der Waals surface area contributed by atoms with E-state index in [0.717, 1.165) is 6.04 Å². The lowest BCUT2D eigenvalue weighted by molar-refractivity contribution is -0.614. The molecule has 1 aliphatic rings. The third-order valence-electron chi connectivity index (χ3n) is 2.60. The quantitative estimate of drug-likeness (QED) is 0.397. The van der Waals surface area contributed by atoms with Crippen LogP contribution in [0.4, 0.5) is 0 Å². The smallest absolute Gasteiger partial charge is 0.162 e. The topological polar surface area (TPSA) is 3.01 Å². The van der Waals surface area contributed by atoms with Gasteiger partial charge in [0.15, 0.2) is 11.6 Å². The largest absolute Gasteiger partial charge is 0.231 e. The fourth-order valence-corrected chi connectivity index (χ4v) is 2.85. The van der Waals surface area contributed by atoms with Gasteiger partial charge in [0.2, 0.25) is 0 Å². The second kappa shape index (κ2) is 3.52. The molecule has 0 saturated heterocycles. The predicted molar refractivity (Wildman–Crippen MR) is 67.2 cm³/mol. The molecular formula is C11H21IN+. The molecule has 0 bridgehead atoms. The van der Waals surface area contributed by atoms with Gasteiger partial charge < -0.3 is 0 Å². The Labute approximate surface area is 95.7 Å². The van der Waals surface area contributed by atoms with Crippen LogP contribution in [0.15, 0.2) is 0 Å². The summed E-state index contributed by atoms with van der Waals surface area (Å²) >= 11 is 2.50. The molecule has 1 nitrogen and oxygen atoms in total. The van der Waals surface area contributed by atoms with Crippen molar-refractivity contribution in [3.63, 3.8) is 0 Å². The van der Waals surface area contributed by atoms with E-state index in [2.05, 4.69) is 68.0 Å². The first-order valence-corrected chi connectivity index (χ1v) is 6.49. The Hall–Kier alpha value is 0.400. The molecule has 0 aliphatic carbocycles. The Kier molecular flexibility index (Phi) is 3.11. The molecule has 0 aromatic rings. The first-order chi connectivity index (χ1) is 5.76. The summed E-state index contributed by atoms with van der Waals surface area (Å²) in [5.74, 6) is 0. The third kappa shape index (κ3) is 2.67. The molecule has 0 saturated carbocycles. The van der Waals surface area contributed by atoms with Crippen LogP contribution in [0.25, 0.3) is 0 Å². The minimum absolute atomic E-state index is 0.281. The molecule has 0 radical (unpaired) electrons. The van der Waals surface area contributed by atoms with Gasteiger partial charge in [-0.05, 0) is 20.8 Å². The highest BCUT2D eigenvalue weighted by Gasteiger charge is 2.42. The molecule has 76 valence electrons. The molecule has 1 unspecified atom stereocenters. The summed E-state index contributed by atoms with van der Waals surface area (Å²) in [6.45, 7) is 11.6. The zero-order valence-electron chi connectivity index (χ0n) is 9.39. The van der Waals surface area contributed by atoms with Crippen molar-refractivity contribution in [2.24, 2.45) is 5.41 Å². The summed E-state index contributed by atoms with van der Waals surface area (Å²) < 4.78 is 3.77. The van der Waals surface area contributed by atoms with Gasteiger partial charge in [-0.15, -0.1) is 0 Å². The number of hydrogen-bond acceptors (Lipinski definition) is 0. The number of nitrogens with zero attached hydrogens (tertiary/aromatic N) is 1. The Balaban J connectivity index is 2.93. The van der Waals surface area contributed by atoms with E-state index in [4.69, 9.17) is 0 Å². The van der Waals surface area contributed by atoms with E-state index in [1.165, 1.54) is 10.8 Å². The first kappa shape index (κ1) is 11.5. The fourth-order valence-electron chi connectivity index (χ4n) is 2.11. The van der Waals surface area contributed by atoms with Crippen LogP contribution < -0.4 is 0 Å². The minimum Gasteiger partial charge on any atom is -0.231 e. The number of alkyl halides is 1. The van der Waals surface area contributed by atoms with Crippen LogP contribution in [0.1, 0.15) is 41.0 Å². The van der Waals surface area contributed by atoms with Crippen LogP contribution in [-0.4, -0.2) is 26.8 Å². The van der Waals surface area contributed by atoms with Gasteiger partial charge in [-0.25, -0.2) is 4.58 Å². The number of halogens is 1. The lowest BCUT2D eigenvalue weighted by atomic mass is 9.91. The standard InChI is InChI=1S/C11H21IN/c1-10(2,3)13-8-11(4,5)6-9(13)7-12/h8-9H,6-7H2,1-5H3/q+1. The van der Waals surface area contributed by atoms with E-state index >= 15 is 0 Å². The van der Waals surface area contributed by atoms with Gasteiger partial charge in [0, 0.05) is 11.8 Å².